The summed E-state index contributed by atoms with van der Waals surface area (Å²) in [5.41, 5.74) is 0. The van der Waals surface area contributed by atoms with Crippen molar-refractivity contribution in [3.05, 3.63) is 22.4 Å². The zero-order valence-corrected chi connectivity index (χ0v) is 10.3. The van der Waals surface area contributed by atoms with E-state index >= 15 is 0 Å². The largest absolute Gasteiger partial charge is 0.353 e. The summed E-state index contributed by atoms with van der Waals surface area (Å²) in [5.74, 6) is -0.147. The molecule has 17 heavy (non-hydrogen) atoms. The van der Waals surface area contributed by atoms with E-state index in [0.717, 1.165) is 4.88 Å². The maximum atomic E-state index is 11.9. The van der Waals surface area contributed by atoms with Gasteiger partial charge in [-0.25, -0.2) is 0 Å². The maximum Gasteiger partial charge on any atom is 0.239 e. The number of piperazine rings is 1. The van der Waals surface area contributed by atoms with E-state index in [9.17, 15) is 9.59 Å². The summed E-state index contributed by atoms with van der Waals surface area (Å²) in [5, 5.41) is 10.5. The Bertz CT molecular complexity index is 395. The third kappa shape index (κ3) is 3.04. The fourth-order valence-electron chi connectivity index (χ4n) is 1.67. The van der Waals surface area contributed by atoms with Crippen LogP contribution in [0.25, 0.3) is 0 Å². The molecule has 0 spiro atoms. The van der Waals surface area contributed by atoms with E-state index in [4.69, 9.17) is 0 Å². The van der Waals surface area contributed by atoms with Gasteiger partial charge in [-0.05, 0) is 18.4 Å². The predicted octanol–water partition coefficient (Wildman–Crippen LogP) is 0.0133. The third-order valence-electron chi connectivity index (χ3n) is 2.66. The van der Waals surface area contributed by atoms with E-state index in [0.29, 0.717) is 6.54 Å². The summed E-state index contributed by atoms with van der Waals surface area (Å²) >= 11 is 1.62. The molecule has 0 aliphatic carbocycles. The fraction of sp³-hybridized carbons (Fsp3) is 0.455. The van der Waals surface area contributed by atoms with E-state index in [1.807, 2.05) is 24.4 Å². The molecule has 1 aliphatic rings. The van der Waals surface area contributed by atoms with Gasteiger partial charge in [-0.3, -0.25) is 14.9 Å². The number of hydrogen-bond donors (Lipinski definition) is 3. The molecule has 2 amide bonds. The normalized spacial score (nSPS) is 21.7. The Morgan fingerprint density at radius 1 is 1.65 bits per heavy atom. The molecule has 1 aromatic rings. The SMILES string of the molecule is C[C@@H](NC(=O)C1CNC(=O)CN1)c1cccs1. The Hall–Kier alpha value is -1.40. The van der Waals surface area contributed by atoms with Crippen molar-refractivity contribution in [3.63, 3.8) is 0 Å². The number of hydrogen-bond acceptors (Lipinski definition) is 4. The van der Waals surface area contributed by atoms with Gasteiger partial charge < -0.3 is 10.6 Å². The zero-order valence-electron chi connectivity index (χ0n) is 9.53. The van der Waals surface area contributed by atoms with Crippen molar-refractivity contribution in [3.8, 4) is 0 Å². The first-order chi connectivity index (χ1) is 8.16. The number of nitrogens with one attached hydrogen (secondary N) is 3. The van der Waals surface area contributed by atoms with Crippen LogP contribution in [0.15, 0.2) is 17.5 Å². The standard InChI is InChI=1S/C11H15N3O2S/c1-7(9-3-2-4-17-9)14-11(16)8-5-13-10(15)6-12-8/h2-4,7-8,12H,5-6H2,1H3,(H,13,15)(H,14,16)/t7-,8?/m1/s1. The highest BCUT2D eigenvalue weighted by molar-refractivity contribution is 7.10. The van der Waals surface area contributed by atoms with Gasteiger partial charge in [-0.2, -0.15) is 0 Å². The Labute approximate surface area is 104 Å². The van der Waals surface area contributed by atoms with Crippen LogP contribution >= 0.6 is 11.3 Å². The quantitative estimate of drug-likeness (QED) is 0.711. The Kier molecular flexibility index (Phi) is 3.75. The first kappa shape index (κ1) is 12.1. The van der Waals surface area contributed by atoms with Crippen LogP contribution in [0.4, 0.5) is 0 Å². The van der Waals surface area contributed by atoms with Crippen LogP contribution in [0.1, 0.15) is 17.8 Å². The molecule has 6 heteroatoms. The molecule has 1 saturated heterocycles. The van der Waals surface area contributed by atoms with Crippen LogP contribution in [-0.4, -0.2) is 30.9 Å². The molecule has 2 atom stereocenters. The number of thiophene rings is 1. The predicted molar refractivity (Wildman–Crippen MR) is 65.7 cm³/mol. The van der Waals surface area contributed by atoms with E-state index in [1.54, 1.807) is 11.3 Å². The van der Waals surface area contributed by atoms with E-state index in [1.165, 1.54) is 0 Å². The number of carbonyl (C=O) groups is 2. The van der Waals surface area contributed by atoms with Crippen molar-refractivity contribution in [2.75, 3.05) is 13.1 Å². The number of rotatable bonds is 3. The lowest BCUT2D eigenvalue weighted by Crippen LogP contribution is -2.58. The van der Waals surface area contributed by atoms with Gasteiger partial charge in [-0.1, -0.05) is 6.07 Å². The van der Waals surface area contributed by atoms with Gasteiger partial charge in [0.2, 0.25) is 11.8 Å². The smallest absolute Gasteiger partial charge is 0.239 e. The molecule has 0 bridgehead atoms. The third-order valence-corrected chi connectivity index (χ3v) is 3.71. The molecule has 1 aliphatic heterocycles. The van der Waals surface area contributed by atoms with Crippen molar-refractivity contribution in [2.45, 2.75) is 19.0 Å². The summed E-state index contributed by atoms with van der Waals surface area (Å²) in [7, 11) is 0. The van der Waals surface area contributed by atoms with E-state index in [-0.39, 0.29) is 30.4 Å². The van der Waals surface area contributed by atoms with Crippen LogP contribution in [0, 0.1) is 0 Å². The molecule has 1 fully saturated rings. The van der Waals surface area contributed by atoms with Crippen molar-refractivity contribution >= 4 is 23.2 Å². The van der Waals surface area contributed by atoms with Gasteiger partial charge in [0.1, 0.15) is 6.04 Å². The Morgan fingerprint density at radius 2 is 2.47 bits per heavy atom. The molecule has 1 unspecified atom stereocenters. The first-order valence-electron chi connectivity index (χ1n) is 5.50. The lowest BCUT2D eigenvalue weighted by Gasteiger charge is -2.24. The second kappa shape index (κ2) is 5.29. The monoisotopic (exact) mass is 253 g/mol. The van der Waals surface area contributed by atoms with Crippen molar-refractivity contribution in [1.82, 2.24) is 16.0 Å². The maximum absolute atomic E-state index is 11.9. The van der Waals surface area contributed by atoms with Gasteiger partial charge in [0.05, 0.1) is 12.6 Å². The van der Waals surface area contributed by atoms with Crippen molar-refractivity contribution in [1.29, 1.82) is 0 Å². The van der Waals surface area contributed by atoms with Crippen LogP contribution < -0.4 is 16.0 Å². The highest BCUT2D eigenvalue weighted by Gasteiger charge is 2.24. The molecule has 0 saturated carbocycles. The van der Waals surface area contributed by atoms with Gasteiger partial charge in [-0.15, -0.1) is 11.3 Å². The Morgan fingerprint density at radius 3 is 3.06 bits per heavy atom. The topological polar surface area (TPSA) is 70.2 Å². The minimum Gasteiger partial charge on any atom is -0.353 e. The molecule has 3 N–H and O–H groups in total. The molecule has 2 heterocycles. The summed E-state index contributed by atoms with van der Waals surface area (Å²) in [6, 6.07) is 3.62. The van der Waals surface area contributed by atoms with Crippen molar-refractivity contribution < 1.29 is 9.59 Å². The molecule has 5 nitrogen and oxygen atoms in total. The van der Waals surface area contributed by atoms with Gasteiger partial charge in [0.15, 0.2) is 0 Å². The first-order valence-corrected chi connectivity index (χ1v) is 6.38. The van der Waals surface area contributed by atoms with Gasteiger partial charge in [0.25, 0.3) is 0 Å². The molecule has 0 radical (unpaired) electrons. The average Bonchev–Trinajstić information content (AvgIpc) is 2.83. The second-order valence-corrected chi connectivity index (χ2v) is 4.96. The summed E-state index contributed by atoms with van der Waals surface area (Å²) < 4.78 is 0. The molecule has 1 aromatic heterocycles. The van der Waals surface area contributed by atoms with Gasteiger partial charge >= 0.3 is 0 Å². The van der Waals surface area contributed by atoms with Crippen molar-refractivity contribution in [2.24, 2.45) is 0 Å². The molecular weight excluding hydrogens is 238 g/mol. The molecule has 2 rings (SSSR count). The van der Waals surface area contributed by atoms with Crippen LogP contribution in [0.5, 0.6) is 0 Å². The molecular formula is C11H15N3O2S. The minimum absolute atomic E-state index is 0.00179. The molecule has 0 aromatic carbocycles. The average molecular weight is 253 g/mol. The highest BCUT2D eigenvalue weighted by Crippen LogP contribution is 2.17. The Balaban J connectivity index is 1.86. The van der Waals surface area contributed by atoms with E-state index in [2.05, 4.69) is 16.0 Å². The summed E-state index contributed by atoms with van der Waals surface area (Å²) in [6.45, 7) is 2.50. The number of amides is 2. The molecule has 92 valence electrons. The second-order valence-electron chi connectivity index (χ2n) is 3.98. The van der Waals surface area contributed by atoms with E-state index < -0.39 is 0 Å². The summed E-state index contributed by atoms with van der Waals surface area (Å²) in [4.78, 5) is 23.9. The van der Waals surface area contributed by atoms with Crippen LogP contribution in [0.3, 0.4) is 0 Å². The summed E-state index contributed by atoms with van der Waals surface area (Å²) in [6.07, 6.45) is 0. The zero-order chi connectivity index (χ0) is 12.3. The number of carbonyl (C=O) groups excluding carboxylic acids is 2. The lowest BCUT2D eigenvalue weighted by molar-refractivity contribution is -0.127. The minimum atomic E-state index is -0.338. The van der Waals surface area contributed by atoms with Crippen LogP contribution in [0.2, 0.25) is 0 Å². The highest BCUT2D eigenvalue weighted by atomic mass is 32.1. The van der Waals surface area contributed by atoms with Crippen LogP contribution in [-0.2, 0) is 9.59 Å². The fourth-order valence-corrected chi connectivity index (χ4v) is 2.41. The van der Waals surface area contributed by atoms with Gasteiger partial charge in [0, 0.05) is 11.4 Å². The lowest BCUT2D eigenvalue weighted by atomic mass is 10.2.